The van der Waals surface area contributed by atoms with Crippen molar-refractivity contribution in [2.45, 2.75) is 27.3 Å². The Morgan fingerprint density at radius 1 is 1.44 bits per heavy atom. The number of amidine groups is 1. The van der Waals surface area contributed by atoms with E-state index in [-0.39, 0.29) is 11.0 Å². The van der Waals surface area contributed by atoms with E-state index in [0.29, 0.717) is 12.1 Å². The fourth-order valence-corrected chi connectivity index (χ4v) is 1.77. The number of rotatable bonds is 2. The third-order valence-corrected chi connectivity index (χ3v) is 2.98. The predicted octanol–water partition coefficient (Wildman–Crippen LogP) is -0.127. The highest BCUT2D eigenvalue weighted by Gasteiger charge is 2.22. The first-order valence-corrected chi connectivity index (χ1v) is 5.95. The van der Waals surface area contributed by atoms with Gasteiger partial charge in [-0.15, -0.1) is 0 Å². The van der Waals surface area contributed by atoms with Crippen molar-refractivity contribution in [3.05, 3.63) is 32.6 Å². The summed E-state index contributed by atoms with van der Waals surface area (Å²) in [5.41, 5.74) is -0.0720. The van der Waals surface area contributed by atoms with Crippen LogP contribution in [0.2, 0.25) is 0 Å². The number of aryl methyl sites for hydroxylation is 1. The topological polar surface area (TPSA) is 79.2 Å². The van der Waals surface area contributed by atoms with Crippen molar-refractivity contribution in [2.75, 3.05) is 13.1 Å². The Morgan fingerprint density at radius 2 is 2.17 bits per heavy atom. The smallest absolute Gasteiger partial charge is 0.328 e. The molecule has 6 nitrogen and oxygen atoms in total. The minimum absolute atomic E-state index is 0.148. The Labute approximate surface area is 105 Å². The van der Waals surface area contributed by atoms with E-state index < -0.39 is 5.69 Å². The number of aromatic nitrogens is 2. The minimum Gasteiger partial charge on any atom is -0.372 e. The van der Waals surface area contributed by atoms with Gasteiger partial charge < -0.3 is 5.32 Å². The Hall–Kier alpha value is -1.85. The van der Waals surface area contributed by atoms with Crippen molar-refractivity contribution in [2.24, 2.45) is 10.4 Å². The van der Waals surface area contributed by atoms with Gasteiger partial charge in [-0.1, -0.05) is 13.8 Å². The fraction of sp³-hybridized carbons (Fsp3) is 0.583. The maximum atomic E-state index is 11.6. The molecule has 2 heterocycles. The Balaban J connectivity index is 2.21. The molecule has 0 spiro atoms. The van der Waals surface area contributed by atoms with Crippen LogP contribution in [0, 0.1) is 12.3 Å². The van der Waals surface area contributed by atoms with Gasteiger partial charge >= 0.3 is 5.69 Å². The number of aromatic amines is 1. The molecule has 0 radical (unpaired) electrons. The normalized spacial score (nSPS) is 18.1. The van der Waals surface area contributed by atoms with Crippen LogP contribution in [0.25, 0.3) is 0 Å². The summed E-state index contributed by atoms with van der Waals surface area (Å²) in [6.45, 7) is 7.89. The monoisotopic (exact) mass is 250 g/mol. The lowest BCUT2D eigenvalue weighted by atomic mass is 9.92. The number of nitrogens with one attached hydrogen (secondary N) is 2. The molecule has 0 saturated carbocycles. The van der Waals surface area contributed by atoms with Gasteiger partial charge in [-0.3, -0.25) is 19.3 Å². The Kier molecular flexibility index (Phi) is 3.11. The quantitative estimate of drug-likeness (QED) is 0.767. The third kappa shape index (κ3) is 2.69. The van der Waals surface area contributed by atoms with Crippen LogP contribution in [0.15, 0.2) is 20.8 Å². The molecule has 0 amide bonds. The van der Waals surface area contributed by atoms with Crippen molar-refractivity contribution in [3.63, 3.8) is 0 Å². The van der Waals surface area contributed by atoms with E-state index in [1.54, 1.807) is 13.1 Å². The highest BCUT2D eigenvalue weighted by atomic mass is 16.2. The average molecular weight is 250 g/mol. The molecule has 2 N–H and O–H groups in total. The number of aliphatic imine (C=N–C) groups is 1. The lowest BCUT2D eigenvalue weighted by Crippen LogP contribution is -2.44. The lowest BCUT2D eigenvalue weighted by molar-refractivity contribution is 0.359. The first-order valence-electron chi connectivity index (χ1n) is 5.95. The molecule has 0 unspecified atom stereocenters. The van der Waals surface area contributed by atoms with Gasteiger partial charge in [-0.2, -0.15) is 0 Å². The van der Waals surface area contributed by atoms with Crippen LogP contribution in [0.1, 0.15) is 19.4 Å². The Bertz CT molecular complexity index is 595. The maximum absolute atomic E-state index is 11.6. The van der Waals surface area contributed by atoms with Gasteiger partial charge in [0.2, 0.25) is 0 Å². The van der Waals surface area contributed by atoms with E-state index in [4.69, 9.17) is 0 Å². The Morgan fingerprint density at radius 3 is 2.78 bits per heavy atom. The third-order valence-electron chi connectivity index (χ3n) is 2.98. The van der Waals surface area contributed by atoms with E-state index in [0.717, 1.165) is 18.9 Å². The molecule has 0 aliphatic carbocycles. The van der Waals surface area contributed by atoms with Crippen LogP contribution in [0.3, 0.4) is 0 Å². The zero-order valence-electron chi connectivity index (χ0n) is 10.9. The lowest BCUT2D eigenvalue weighted by Gasteiger charge is -2.29. The summed E-state index contributed by atoms with van der Waals surface area (Å²) >= 11 is 0. The first kappa shape index (κ1) is 12.6. The van der Waals surface area contributed by atoms with E-state index in [9.17, 15) is 9.59 Å². The van der Waals surface area contributed by atoms with E-state index >= 15 is 0 Å². The highest BCUT2D eigenvalue weighted by Crippen LogP contribution is 2.16. The van der Waals surface area contributed by atoms with Gasteiger partial charge in [-0.05, 0) is 6.92 Å². The maximum Gasteiger partial charge on any atom is 0.328 e. The molecule has 1 aliphatic rings. The van der Waals surface area contributed by atoms with Crippen molar-refractivity contribution < 1.29 is 0 Å². The second kappa shape index (κ2) is 4.44. The van der Waals surface area contributed by atoms with Crippen molar-refractivity contribution in [1.29, 1.82) is 0 Å². The summed E-state index contributed by atoms with van der Waals surface area (Å²) < 4.78 is 1.46. The van der Waals surface area contributed by atoms with E-state index in [2.05, 4.69) is 29.1 Å². The molecule has 1 aromatic heterocycles. The number of H-pyrrole nitrogens is 1. The molecular weight excluding hydrogens is 232 g/mol. The molecule has 0 atom stereocenters. The van der Waals surface area contributed by atoms with Gasteiger partial charge in [0.25, 0.3) is 5.56 Å². The first-order chi connectivity index (χ1) is 8.37. The van der Waals surface area contributed by atoms with Crippen LogP contribution in [0.4, 0.5) is 0 Å². The summed E-state index contributed by atoms with van der Waals surface area (Å²) in [5.74, 6) is 0.780. The minimum atomic E-state index is -0.403. The highest BCUT2D eigenvalue weighted by molar-refractivity contribution is 5.82. The van der Waals surface area contributed by atoms with Crippen LogP contribution in [-0.4, -0.2) is 28.5 Å². The summed E-state index contributed by atoms with van der Waals surface area (Å²) in [6, 6.07) is 0. The van der Waals surface area contributed by atoms with Crippen molar-refractivity contribution >= 4 is 5.84 Å². The molecule has 1 aliphatic heterocycles. The van der Waals surface area contributed by atoms with Gasteiger partial charge in [0.15, 0.2) is 0 Å². The van der Waals surface area contributed by atoms with E-state index in [1.165, 1.54) is 4.57 Å². The zero-order valence-corrected chi connectivity index (χ0v) is 10.9. The molecule has 6 heteroatoms. The SMILES string of the molecule is Cc1cn(CC2=NCC(C)(C)CN2)c(=O)[nH]c1=O. The van der Waals surface area contributed by atoms with Gasteiger partial charge in [0, 0.05) is 30.3 Å². The molecule has 0 aromatic carbocycles. The molecule has 98 valence electrons. The average Bonchev–Trinajstić information content (AvgIpc) is 2.28. The molecular formula is C12H18N4O2. The molecule has 0 fully saturated rings. The second-order valence-corrected chi connectivity index (χ2v) is 5.48. The summed E-state index contributed by atoms with van der Waals surface area (Å²) in [4.78, 5) is 29.6. The zero-order chi connectivity index (χ0) is 13.3. The molecule has 0 bridgehead atoms. The van der Waals surface area contributed by atoms with Gasteiger partial charge in [-0.25, -0.2) is 4.79 Å². The van der Waals surface area contributed by atoms with Gasteiger partial charge in [0.05, 0.1) is 6.54 Å². The fourth-order valence-electron chi connectivity index (χ4n) is 1.77. The number of nitrogens with zero attached hydrogens (tertiary/aromatic N) is 2. The second-order valence-electron chi connectivity index (χ2n) is 5.48. The van der Waals surface area contributed by atoms with Crippen LogP contribution in [-0.2, 0) is 6.54 Å². The van der Waals surface area contributed by atoms with Crippen molar-refractivity contribution in [3.8, 4) is 0 Å². The summed E-state index contributed by atoms with van der Waals surface area (Å²) in [7, 11) is 0. The van der Waals surface area contributed by atoms with Crippen LogP contribution in [0.5, 0.6) is 0 Å². The number of hydrogen-bond donors (Lipinski definition) is 2. The van der Waals surface area contributed by atoms with Gasteiger partial charge in [0.1, 0.15) is 5.84 Å². The van der Waals surface area contributed by atoms with Crippen molar-refractivity contribution in [1.82, 2.24) is 14.9 Å². The molecule has 2 rings (SSSR count). The largest absolute Gasteiger partial charge is 0.372 e. The number of hydrogen-bond acceptors (Lipinski definition) is 4. The standard InChI is InChI=1S/C12H18N4O2/c1-8-4-16(11(18)15-10(8)17)5-9-13-6-12(2,3)7-14-9/h4H,5-7H2,1-3H3,(H,13,14)(H,15,17,18). The summed E-state index contributed by atoms with van der Waals surface area (Å²) in [5, 5.41) is 3.22. The molecule has 1 aromatic rings. The predicted molar refractivity (Wildman–Crippen MR) is 70.1 cm³/mol. The van der Waals surface area contributed by atoms with Crippen LogP contribution >= 0.6 is 0 Å². The van der Waals surface area contributed by atoms with E-state index in [1.807, 2.05) is 0 Å². The molecule has 18 heavy (non-hydrogen) atoms. The van der Waals surface area contributed by atoms with Crippen LogP contribution < -0.4 is 16.6 Å². The molecule has 0 saturated heterocycles. The summed E-state index contributed by atoms with van der Waals surface area (Å²) in [6.07, 6.45) is 1.56.